The Kier molecular flexibility index (Phi) is 4.16. The van der Waals surface area contributed by atoms with Crippen molar-refractivity contribution in [1.29, 1.82) is 0 Å². The van der Waals surface area contributed by atoms with Gasteiger partial charge in [0.25, 0.3) is 0 Å². The first-order chi connectivity index (χ1) is 9.85. The molecule has 1 unspecified atom stereocenters. The summed E-state index contributed by atoms with van der Waals surface area (Å²) in [5, 5.41) is 0. The molecule has 0 saturated heterocycles. The molecule has 0 N–H and O–H groups in total. The second-order valence-corrected chi connectivity index (χ2v) is 5.27. The number of hydrogen-bond donors (Lipinski definition) is 0. The van der Waals surface area contributed by atoms with Gasteiger partial charge in [-0.25, -0.2) is 0 Å². The van der Waals surface area contributed by atoms with E-state index in [-0.39, 0.29) is 0 Å². The number of halogens is 3. The summed E-state index contributed by atoms with van der Waals surface area (Å²) >= 11 is 0. The van der Waals surface area contributed by atoms with E-state index in [1.807, 2.05) is 30.3 Å². The summed E-state index contributed by atoms with van der Waals surface area (Å²) in [6.45, 7) is 1.78. The third-order valence-electron chi connectivity index (χ3n) is 3.55. The summed E-state index contributed by atoms with van der Waals surface area (Å²) in [7, 11) is 0. The van der Waals surface area contributed by atoms with Crippen molar-refractivity contribution in [2.75, 3.05) is 0 Å². The molecule has 0 aliphatic heterocycles. The van der Waals surface area contributed by atoms with Crippen LogP contribution >= 0.6 is 0 Å². The van der Waals surface area contributed by atoms with Gasteiger partial charge in [-0.15, -0.1) is 0 Å². The smallest absolute Gasteiger partial charge is 0.302 e. The lowest BCUT2D eigenvalue weighted by Crippen LogP contribution is -2.26. The van der Waals surface area contributed by atoms with Crippen molar-refractivity contribution >= 4 is 6.29 Å². The van der Waals surface area contributed by atoms with Gasteiger partial charge < -0.3 is 4.79 Å². The summed E-state index contributed by atoms with van der Waals surface area (Å²) in [4.78, 5) is 11.5. The Labute approximate surface area is 121 Å². The van der Waals surface area contributed by atoms with Crippen LogP contribution in [0.25, 0.3) is 0 Å². The molecule has 0 aromatic heterocycles. The molecule has 0 aliphatic rings. The topological polar surface area (TPSA) is 17.1 Å². The summed E-state index contributed by atoms with van der Waals surface area (Å²) in [5.41, 5.74) is 0.112. The predicted molar refractivity (Wildman–Crippen MR) is 75.0 cm³/mol. The fourth-order valence-electron chi connectivity index (χ4n) is 2.27. The van der Waals surface area contributed by atoms with E-state index in [1.54, 1.807) is 6.92 Å². The zero-order valence-electron chi connectivity index (χ0n) is 11.5. The van der Waals surface area contributed by atoms with Crippen LogP contribution in [0.2, 0.25) is 0 Å². The van der Waals surface area contributed by atoms with Gasteiger partial charge in [0.1, 0.15) is 6.29 Å². The Morgan fingerprint density at radius 3 is 1.95 bits per heavy atom. The van der Waals surface area contributed by atoms with Crippen molar-refractivity contribution < 1.29 is 18.0 Å². The Hall–Kier alpha value is -2.10. The van der Waals surface area contributed by atoms with E-state index >= 15 is 0 Å². The van der Waals surface area contributed by atoms with E-state index in [2.05, 4.69) is 0 Å². The second kappa shape index (κ2) is 5.72. The number of hydrogen-bond acceptors (Lipinski definition) is 1. The van der Waals surface area contributed by atoms with Gasteiger partial charge in [0.05, 0.1) is 11.0 Å². The lowest BCUT2D eigenvalue weighted by molar-refractivity contribution is -0.137. The first-order valence-corrected chi connectivity index (χ1v) is 6.53. The first kappa shape index (κ1) is 15.3. The SMILES string of the molecule is CC(C=O)(Cc1ccc(C(F)(F)F)cc1)c1ccccc1. The minimum Gasteiger partial charge on any atom is -0.302 e. The number of benzene rings is 2. The highest BCUT2D eigenvalue weighted by atomic mass is 19.4. The lowest BCUT2D eigenvalue weighted by Gasteiger charge is -2.24. The number of carbonyl (C=O) groups is 1. The molecule has 2 rings (SSSR count). The van der Waals surface area contributed by atoms with Gasteiger partial charge in [-0.1, -0.05) is 42.5 Å². The van der Waals surface area contributed by atoms with Crippen molar-refractivity contribution in [3.05, 3.63) is 71.3 Å². The average Bonchev–Trinajstić information content (AvgIpc) is 2.47. The van der Waals surface area contributed by atoms with Crippen LogP contribution in [0.15, 0.2) is 54.6 Å². The number of rotatable bonds is 4. The molecule has 2 aromatic carbocycles. The Balaban J connectivity index is 2.25. The van der Waals surface area contributed by atoms with E-state index in [4.69, 9.17) is 0 Å². The maximum Gasteiger partial charge on any atom is 0.416 e. The molecule has 1 nitrogen and oxygen atoms in total. The van der Waals surface area contributed by atoms with Crippen LogP contribution in [0.1, 0.15) is 23.6 Å². The maximum absolute atomic E-state index is 12.5. The molecular weight excluding hydrogens is 277 g/mol. The molecule has 2 aromatic rings. The van der Waals surface area contributed by atoms with E-state index in [1.165, 1.54) is 12.1 Å². The van der Waals surface area contributed by atoms with E-state index < -0.39 is 17.2 Å². The van der Waals surface area contributed by atoms with Crippen molar-refractivity contribution in [3.63, 3.8) is 0 Å². The monoisotopic (exact) mass is 292 g/mol. The normalized spacial score (nSPS) is 14.5. The highest BCUT2D eigenvalue weighted by Crippen LogP contribution is 2.31. The zero-order valence-corrected chi connectivity index (χ0v) is 11.5. The molecule has 4 heteroatoms. The van der Waals surface area contributed by atoms with Crippen LogP contribution in [0.5, 0.6) is 0 Å². The lowest BCUT2D eigenvalue weighted by atomic mass is 9.78. The summed E-state index contributed by atoms with van der Waals surface area (Å²) in [6.07, 6.45) is -3.13. The van der Waals surface area contributed by atoms with Gasteiger partial charge in [0.2, 0.25) is 0 Å². The fourth-order valence-corrected chi connectivity index (χ4v) is 2.27. The highest BCUT2D eigenvalue weighted by Gasteiger charge is 2.31. The van der Waals surface area contributed by atoms with Gasteiger partial charge in [0.15, 0.2) is 0 Å². The highest BCUT2D eigenvalue weighted by molar-refractivity contribution is 5.68. The standard InChI is InChI=1S/C17H15F3O/c1-16(12-21,14-5-3-2-4-6-14)11-13-7-9-15(10-8-13)17(18,19)20/h2-10,12H,11H2,1H3. The molecular formula is C17H15F3O. The van der Waals surface area contributed by atoms with Gasteiger partial charge in [-0.05, 0) is 36.6 Å². The molecule has 0 amide bonds. The van der Waals surface area contributed by atoms with Crippen LogP contribution in [-0.2, 0) is 22.8 Å². The second-order valence-electron chi connectivity index (χ2n) is 5.27. The zero-order chi connectivity index (χ0) is 15.5. The van der Waals surface area contributed by atoms with Crippen LogP contribution in [0, 0.1) is 0 Å². The van der Waals surface area contributed by atoms with E-state index in [9.17, 15) is 18.0 Å². The Morgan fingerprint density at radius 1 is 0.905 bits per heavy atom. The van der Waals surface area contributed by atoms with Crippen molar-refractivity contribution in [1.82, 2.24) is 0 Å². The predicted octanol–water partition coefficient (Wildman–Crippen LogP) is 4.40. The quantitative estimate of drug-likeness (QED) is 0.763. The third kappa shape index (κ3) is 3.51. The van der Waals surface area contributed by atoms with Crippen LogP contribution in [0.3, 0.4) is 0 Å². The van der Waals surface area contributed by atoms with E-state index in [0.717, 1.165) is 24.0 Å². The minimum absolute atomic E-state index is 0.360. The molecule has 0 radical (unpaired) electrons. The maximum atomic E-state index is 12.5. The van der Waals surface area contributed by atoms with Gasteiger partial charge in [0, 0.05) is 0 Å². The molecule has 0 saturated carbocycles. The molecule has 110 valence electrons. The van der Waals surface area contributed by atoms with Crippen molar-refractivity contribution in [2.24, 2.45) is 0 Å². The van der Waals surface area contributed by atoms with Crippen molar-refractivity contribution in [3.8, 4) is 0 Å². The molecule has 0 bridgehead atoms. The van der Waals surface area contributed by atoms with E-state index in [0.29, 0.717) is 12.0 Å². The molecule has 0 spiro atoms. The average molecular weight is 292 g/mol. The summed E-state index contributed by atoms with van der Waals surface area (Å²) in [5.74, 6) is 0. The molecule has 0 aliphatic carbocycles. The number of aldehydes is 1. The Morgan fingerprint density at radius 2 is 1.48 bits per heavy atom. The third-order valence-corrected chi connectivity index (χ3v) is 3.55. The molecule has 21 heavy (non-hydrogen) atoms. The summed E-state index contributed by atoms with van der Waals surface area (Å²) in [6, 6.07) is 14.2. The van der Waals surface area contributed by atoms with Gasteiger partial charge in [-0.2, -0.15) is 13.2 Å². The summed E-state index contributed by atoms with van der Waals surface area (Å²) < 4.78 is 37.6. The molecule has 1 atom stereocenters. The first-order valence-electron chi connectivity index (χ1n) is 6.53. The largest absolute Gasteiger partial charge is 0.416 e. The van der Waals surface area contributed by atoms with Gasteiger partial charge in [-0.3, -0.25) is 0 Å². The van der Waals surface area contributed by atoms with Gasteiger partial charge >= 0.3 is 6.18 Å². The Bertz CT molecular complexity index is 602. The number of alkyl halides is 3. The molecule has 0 heterocycles. The van der Waals surface area contributed by atoms with Crippen LogP contribution in [0.4, 0.5) is 13.2 Å². The van der Waals surface area contributed by atoms with Crippen molar-refractivity contribution in [2.45, 2.75) is 24.9 Å². The fraction of sp³-hybridized carbons (Fsp3) is 0.235. The minimum atomic E-state index is -4.34. The van der Waals surface area contributed by atoms with Crippen LogP contribution in [-0.4, -0.2) is 6.29 Å². The number of carbonyl (C=O) groups excluding carboxylic acids is 1. The van der Waals surface area contributed by atoms with Crippen LogP contribution < -0.4 is 0 Å². The molecule has 0 fully saturated rings.